The molecule has 0 aliphatic carbocycles. The number of unbranched alkanes of at least 4 members (excludes halogenated alkanes) is 3. The molecule has 0 N–H and O–H groups in total. The molecule has 0 bridgehead atoms. The van der Waals surface area contributed by atoms with Gasteiger partial charge in [-0.1, -0.05) is 26.2 Å². The predicted molar refractivity (Wildman–Crippen MR) is 69.8 cm³/mol. The molecule has 0 aliphatic heterocycles. The lowest BCUT2D eigenvalue weighted by Gasteiger charge is -2.05. The smallest absolute Gasteiger partial charge is 0.339 e. The Morgan fingerprint density at radius 2 is 2.06 bits per heavy atom. The maximum absolute atomic E-state index is 11.4. The zero-order chi connectivity index (χ0) is 13.2. The lowest BCUT2D eigenvalue weighted by Crippen LogP contribution is -2.05. The van der Waals surface area contributed by atoms with E-state index in [1.165, 1.54) is 25.5 Å². The van der Waals surface area contributed by atoms with Crippen molar-refractivity contribution in [2.24, 2.45) is 0 Å². The molecule has 0 radical (unpaired) electrons. The lowest BCUT2D eigenvalue weighted by molar-refractivity contribution is 0.0526. The van der Waals surface area contributed by atoms with Crippen LogP contribution in [0.1, 0.15) is 49.9 Å². The zero-order valence-corrected chi connectivity index (χ0v) is 11.1. The summed E-state index contributed by atoms with van der Waals surface area (Å²) in [5.74, 6) is 0.207. The number of pyridine rings is 1. The largest absolute Gasteiger partial charge is 0.478 e. The van der Waals surface area contributed by atoms with E-state index in [0.29, 0.717) is 24.7 Å². The highest BCUT2D eigenvalue weighted by Crippen LogP contribution is 2.09. The monoisotopic (exact) mass is 251 g/mol. The molecule has 0 spiro atoms. The number of hydrogen-bond donors (Lipinski definition) is 0. The van der Waals surface area contributed by atoms with E-state index in [-0.39, 0.29) is 5.97 Å². The Labute approximate surface area is 108 Å². The van der Waals surface area contributed by atoms with Crippen molar-refractivity contribution in [1.82, 2.24) is 4.98 Å². The molecule has 100 valence electrons. The fourth-order valence-electron chi connectivity index (χ4n) is 1.51. The van der Waals surface area contributed by atoms with E-state index in [4.69, 9.17) is 9.47 Å². The summed E-state index contributed by atoms with van der Waals surface area (Å²) in [6.45, 7) is 5.00. The van der Waals surface area contributed by atoms with Crippen LogP contribution >= 0.6 is 0 Å². The summed E-state index contributed by atoms with van der Waals surface area (Å²) < 4.78 is 10.4. The minimum Gasteiger partial charge on any atom is -0.478 e. The third-order valence-electron chi connectivity index (χ3n) is 2.50. The van der Waals surface area contributed by atoms with Gasteiger partial charge in [0.15, 0.2) is 0 Å². The van der Waals surface area contributed by atoms with E-state index in [1.54, 1.807) is 19.1 Å². The minimum absolute atomic E-state index is 0.348. The van der Waals surface area contributed by atoms with Crippen LogP contribution < -0.4 is 4.74 Å². The Kier molecular flexibility index (Phi) is 6.84. The summed E-state index contributed by atoms with van der Waals surface area (Å²) in [5.41, 5.74) is 0.454. The maximum atomic E-state index is 11.4. The van der Waals surface area contributed by atoms with Crippen molar-refractivity contribution in [2.75, 3.05) is 13.2 Å². The first-order valence-electron chi connectivity index (χ1n) is 6.54. The molecule has 4 heteroatoms. The van der Waals surface area contributed by atoms with Gasteiger partial charge in [0.05, 0.1) is 18.8 Å². The van der Waals surface area contributed by atoms with Gasteiger partial charge in [0.25, 0.3) is 0 Å². The van der Waals surface area contributed by atoms with E-state index in [1.807, 2.05) is 0 Å². The third-order valence-corrected chi connectivity index (χ3v) is 2.50. The molecule has 0 saturated carbocycles. The summed E-state index contributed by atoms with van der Waals surface area (Å²) in [5, 5.41) is 0. The van der Waals surface area contributed by atoms with Gasteiger partial charge in [0.2, 0.25) is 5.88 Å². The Bertz CT molecular complexity index is 349. The van der Waals surface area contributed by atoms with Gasteiger partial charge in [-0.05, 0) is 19.4 Å². The van der Waals surface area contributed by atoms with Crippen LogP contribution in [0.5, 0.6) is 5.88 Å². The average Bonchev–Trinajstić information content (AvgIpc) is 2.39. The van der Waals surface area contributed by atoms with Gasteiger partial charge >= 0.3 is 5.97 Å². The van der Waals surface area contributed by atoms with Gasteiger partial charge in [0.1, 0.15) is 0 Å². The number of rotatable bonds is 8. The van der Waals surface area contributed by atoms with E-state index in [9.17, 15) is 4.79 Å². The second-order valence-electron chi connectivity index (χ2n) is 4.01. The van der Waals surface area contributed by atoms with Crippen LogP contribution in [0.15, 0.2) is 18.3 Å². The number of hydrogen-bond acceptors (Lipinski definition) is 4. The average molecular weight is 251 g/mol. The predicted octanol–water partition coefficient (Wildman–Crippen LogP) is 3.22. The molecular formula is C14H21NO3. The number of esters is 1. The molecule has 0 atom stereocenters. The lowest BCUT2D eigenvalue weighted by atomic mass is 10.2. The zero-order valence-electron chi connectivity index (χ0n) is 11.1. The molecule has 18 heavy (non-hydrogen) atoms. The molecule has 0 fully saturated rings. The first kappa shape index (κ1) is 14.5. The molecule has 1 heterocycles. The van der Waals surface area contributed by atoms with Crippen molar-refractivity contribution in [1.29, 1.82) is 0 Å². The van der Waals surface area contributed by atoms with Crippen LogP contribution in [0, 0.1) is 0 Å². The topological polar surface area (TPSA) is 48.4 Å². The van der Waals surface area contributed by atoms with Crippen molar-refractivity contribution < 1.29 is 14.3 Å². The summed E-state index contributed by atoms with van der Waals surface area (Å²) >= 11 is 0. The third kappa shape index (κ3) is 5.17. The van der Waals surface area contributed by atoms with E-state index >= 15 is 0 Å². The molecule has 0 amide bonds. The van der Waals surface area contributed by atoms with Crippen LogP contribution in [0.3, 0.4) is 0 Å². The standard InChI is InChI=1S/C14H21NO3/c1-3-5-6-7-10-18-13-9-8-12(11-15-13)14(16)17-4-2/h8-9,11H,3-7,10H2,1-2H3. The van der Waals surface area contributed by atoms with Gasteiger partial charge in [0, 0.05) is 12.3 Å². The first-order valence-corrected chi connectivity index (χ1v) is 6.54. The summed E-state index contributed by atoms with van der Waals surface area (Å²) in [6.07, 6.45) is 6.15. The van der Waals surface area contributed by atoms with Crippen LogP contribution in [-0.2, 0) is 4.74 Å². The molecule has 0 saturated heterocycles. The highest BCUT2D eigenvalue weighted by Gasteiger charge is 2.06. The van der Waals surface area contributed by atoms with Crippen molar-refractivity contribution >= 4 is 5.97 Å². The highest BCUT2D eigenvalue weighted by molar-refractivity contribution is 5.89. The molecule has 0 aromatic carbocycles. The summed E-state index contributed by atoms with van der Waals surface area (Å²) in [4.78, 5) is 15.5. The number of carbonyl (C=O) groups is 1. The molecule has 0 unspecified atom stereocenters. The molecular weight excluding hydrogens is 230 g/mol. The van der Waals surface area contributed by atoms with E-state index in [0.717, 1.165) is 6.42 Å². The minimum atomic E-state index is -0.348. The van der Waals surface area contributed by atoms with Crippen molar-refractivity contribution in [2.45, 2.75) is 39.5 Å². The maximum Gasteiger partial charge on any atom is 0.339 e. The quantitative estimate of drug-likeness (QED) is 0.526. The van der Waals surface area contributed by atoms with Gasteiger partial charge in [-0.2, -0.15) is 0 Å². The van der Waals surface area contributed by atoms with Crippen LogP contribution in [0.4, 0.5) is 0 Å². The van der Waals surface area contributed by atoms with Crippen molar-refractivity contribution in [3.05, 3.63) is 23.9 Å². The van der Waals surface area contributed by atoms with Crippen molar-refractivity contribution in [3.8, 4) is 5.88 Å². The number of nitrogens with zero attached hydrogens (tertiary/aromatic N) is 1. The van der Waals surface area contributed by atoms with Gasteiger partial charge < -0.3 is 9.47 Å². The van der Waals surface area contributed by atoms with E-state index < -0.39 is 0 Å². The number of ether oxygens (including phenoxy) is 2. The van der Waals surface area contributed by atoms with E-state index in [2.05, 4.69) is 11.9 Å². The first-order chi connectivity index (χ1) is 8.77. The summed E-state index contributed by atoms with van der Waals surface area (Å²) in [7, 11) is 0. The molecule has 4 nitrogen and oxygen atoms in total. The SMILES string of the molecule is CCCCCCOc1ccc(C(=O)OCC)cn1. The van der Waals surface area contributed by atoms with Crippen LogP contribution in [0.25, 0.3) is 0 Å². The second-order valence-corrected chi connectivity index (χ2v) is 4.01. The number of carbonyl (C=O) groups excluding carboxylic acids is 1. The fraction of sp³-hybridized carbons (Fsp3) is 0.571. The van der Waals surface area contributed by atoms with Crippen LogP contribution in [0.2, 0.25) is 0 Å². The molecule has 1 rings (SSSR count). The summed E-state index contributed by atoms with van der Waals surface area (Å²) in [6, 6.07) is 3.37. The fourth-order valence-corrected chi connectivity index (χ4v) is 1.51. The van der Waals surface area contributed by atoms with Crippen LogP contribution in [-0.4, -0.2) is 24.2 Å². The Morgan fingerprint density at radius 1 is 1.22 bits per heavy atom. The van der Waals surface area contributed by atoms with Gasteiger partial charge in [-0.25, -0.2) is 9.78 Å². The molecule has 1 aromatic rings. The van der Waals surface area contributed by atoms with Crippen molar-refractivity contribution in [3.63, 3.8) is 0 Å². The highest BCUT2D eigenvalue weighted by atomic mass is 16.5. The molecule has 0 aliphatic rings. The molecule has 1 aromatic heterocycles. The van der Waals surface area contributed by atoms with Gasteiger partial charge in [-0.15, -0.1) is 0 Å². The second kappa shape index (κ2) is 8.50. The Morgan fingerprint density at radius 3 is 2.67 bits per heavy atom. The van der Waals surface area contributed by atoms with Gasteiger partial charge in [-0.3, -0.25) is 0 Å². The Balaban J connectivity index is 2.33. The Hall–Kier alpha value is -1.58. The normalized spacial score (nSPS) is 10.1. The number of aromatic nitrogens is 1.